The lowest BCUT2D eigenvalue weighted by Crippen LogP contribution is -2.23. The predicted octanol–water partition coefficient (Wildman–Crippen LogP) is 1.74. The lowest BCUT2D eigenvalue weighted by Gasteiger charge is -1.97. The van der Waals surface area contributed by atoms with Crippen molar-refractivity contribution in [1.82, 2.24) is 20.7 Å². The Hall–Kier alpha value is -2.18. The number of carbonyl (C=O) groups is 1. The molecule has 2 aromatic rings. The minimum absolute atomic E-state index is 0.212. The van der Waals surface area contributed by atoms with E-state index < -0.39 is 0 Å². The third-order valence-corrected chi connectivity index (χ3v) is 3.55. The fourth-order valence-corrected chi connectivity index (χ4v) is 2.04. The van der Waals surface area contributed by atoms with Crippen LogP contribution in [-0.4, -0.2) is 21.3 Å². The third kappa shape index (κ3) is 2.31. The van der Waals surface area contributed by atoms with Gasteiger partial charge in [0.05, 0.1) is 6.54 Å². The normalized spacial score (nSPS) is 18.2. The monoisotopic (exact) mass is 274 g/mol. The lowest BCUT2D eigenvalue weighted by atomic mass is 10.3. The summed E-state index contributed by atoms with van der Waals surface area (Å²) >= 11 is 0. The van der Waals surface area contributed by atoms with E-state index in [0.29, 0.717) is 29.3 Å². The molecule has 7 heteroatoms. The zero-order chi connectivity index (χ0) is 13.5. The molecule has 2 aliphatic rings. The summed E-state index contributed by atoms with van der Waals surface area (Å²) in [7, 11) is 0. The van der Waals surface area contributed by atoms with Crippen LogP contribution >= 0.6 is 0 Å². The molecule has 2 saturated carbocycles. The van der Waals surface area contributed by atoms with Gasteiger partial charge < -0.3 is 14.3 Å². The van der Waals surface area contributed by atoms with E-state index in [1.54, 1.807) is 6.07 Å². The van der Waals surface area contributed by atoms with E-state index in [2.05, 4.69) is 20.7 Å². The second-order valence-electron chi connectivity index (χ2n) is 5.38. The molecule has 0 atom stereocenters. The molecule has 20 heavy (non-hydrogen) atoms. The quantitative estimate of drug-likeness (QED) is 0.892. The van der Waals surface area contributed by atoms with Crippen molar-refractivity contribution in [3.8, 4) is 0 Å². The van der Waals surface area contributed by atoms with E-state index in [4.69, 9.17) is 8.94 Å². The molecule has 2 aromatic heterocycles. The third-order valence-electron chi connectivity index (χ3n) is 3.55. The highest BCUT2D eigenvalue weighted by Gasteiger charge is 2.30. The summed E-state index contributed by atoms with van der Waals surface area (Å²) in [6, 6.07) is 1.70. The molecule has 0 radical (unpaired) electrons. The van der Waals surface area contributed by atoms with Gasteiger partial charge in [-0.1, -0.05) is 5.16 Å². The zero-order valence-electron chi connectivity index (χ0n) is 10.8. The van der Waals surface area contributed by atoms with Crippen molar-refractivity contribution in [3.63, 3.8) is 0 Å². The Labute approximate surface area is 114 Å². The molecular weight excluding hydrogens is 260 g/mol. The standard InChI is InChI=1S/C13H14N4O3/c18-12(9-5-10(20-17-9)7-1-2-7)14-6-11-15-16-13(19-11)8-3-4-8/h5,7-8H,1-4,6H2,(H,14,18). The molecular formula is C13H14N4O3. The molecule has 0 saturated heterocycles. The van der Waals surface area contributed by atoms with Crippen LogP contribution in [0.25, 0.3) is 0 Å². The summed E-state index contributed by atoms with van der Waals surface area (Å²) in [6.45, 7) is 0.212. The Kier molecular flexibility index (Phi) is 2.58. The maximum absolute atomic E-state index is 11.9. The van der Waals surface area contributed by atoms with Gasteiger partial charge in [0.1, 0.15) is 5.76 Å². The Bertz CT molecular complexity index is 640. The van der Waals surface area contributed by atoms with Crippen LogP contribution in [0.5, 0.6) is 0 Å². The SMILES string of the molecule is O=C(NCc1nnc(C2CC2)o1)c1cc(C2CC2)on1. The van der Waals surface area contributed by atoms with Crippen molar-refractivity contribution in [2.75, 3.05) is 0 Å². The van der Waals surface area contributed by atoms with Crippen LogP contribution in [0.4, 0.5) is 0 Å². The van der Waals surface area contributed by atoms with Crippen LogP contribution in [0.15, 0.2) is 15.0 Å². The Morgan fingerprint density at radius 1 is 1.25 bits per heavy atom. The Morgan fingerprint density at radius 2 is 2.05 bits per heavy atom. The summed E-state index contributed by atoms with van der Waals surface area (Å²) in [5.41, 5.74) is 0.300. The molecule has 2 heterocycles. The average Bonchev–Trinajstić information content (AvgIpc) is 3.39. The van der Waals surface area contributed by atoms with Gasteiger partial charge in [-0.2, -0.15) is 0 Å². The smallest absolute Gasteiger partial charge is 0.273 e. The first-order chi connectivity index (χ1) is 9.79. The van der Waals surface area contributed by atoms with Crippen molar-refractivity contribution in [2.24, 2.45) is 0 Å². The minimum Gasteiger partial charge on any atom is -0.423 e. The molecule has 104 valence electrons. The predicted molar refractivity (Wildman–Crippen MR) is 65.9 cm³/mol. The molecule has 0 aliphatic heterocycles. The number of nitrogens with one attached hydrogen (secondary N) is 1. The maximum Gasteiger partial charge on any atom is 0.273 e. The molecule has 1 amide bonds. The largest absolute Gasteiger partial charge is 0.423 e. The molecule has 0 bridgehead atoms. The van der Waals surface area contributed by atoms with Crippen LogP contribution in [0.1, 0.15) is 65.5 Å². The van der Waals surface area contributed by atoms with Gasteiger partial charge >= 0.3 is 0 Å². The maximum atomic E-state index is 11.9. The molecule has 0 unspecified atom stereocenters. The van der Waals surface area contributed by atoms with Crippen LogP contribution in [-0.2, 0) is 6.54 Å². The number of amides is 1. The van der Waals surface area contributed by atoms with E-state index >= 15 is 0 Å². The van der Waals surface area contributed by atoms with Gasteiger partial charge in [0.15, 0.2) is 5.69 Å². The summed E-state index contributed by atoms with van der Waals surface area (Å²) in [6.07, 6.45) is 4.44. The van der Waals surface area contributed by atoms with Crippen LogP contribution in [0.2, 0.25) is 0 Å². The van der Waals surface area contributed by atoms with Crippen molar-refractivity contribution in [1.29, 1.82) is 0 Å². The molecule has 0 aromatic carbocycles. The average molecular weight is 274 g/mol. The Morgan fingerprint density at radius 3 is 2.80 bits per heavy atom. The zero-order valence-corrected chi connectivity index (χ0v) is 10.8. The number of hydrogen-bond donors (Lipinski definition) is 1. The molecule has 1 N–H and O–H groups in total. The van der Waals surface area contributed by atoms with E-state index in [1.165, 1.54) is 0 Å². The van der Waals surface area contributed by atoms with E-state index in [1.807, 2.05) is 0 Å². The van der Waals surface area contributed by atoms with Crippen molar-refractivity contribution >= 4 is 5.91 Å². The molecule has 7 nitrogen and oxygen atoms in total. The first-order valence-electron chi connectivity index (χ1n) is 6.86. The lowest BCUT2D eigenvalue weighted by molar-refractivity contribution is 0.0938. The summed E-state index contributed by atoms with van der Waals surface area (Å²) < 4.78 is 10.6. The fraction of sp³-hybridized carbons (Fsp3) is 0.538. The van der Waals surface area contributed by atoms with Gasteiger partial charge in [0, 0.05) is 17.9 Å². The number of rotatable bonds is 5. The van der Waals surface area contributed by atoms with Crippen molar-refractivity contribution in [2.45, 2.75) is 44.1 Å². The van der Waals surface area contributed by atoms with Crippen LogP contribution < -0.4 is 5.32 Å². The van der Waals surface area contributed by atoms with Gasteiger partial charge in [0.25, 0.3) is 5.91 Å². The summed E-state index contributed by atoms with van der Waals surface area (Å²) in [4.78, 5) is 11.9. The van der Waals surface area contributed by atoms with E-state index in [9.17, 15) is 4.79 Å². The molecule has 4 rings (SSSR count). The highest BCUT2D eigenvalue weighted by Crippen LogP contribution is 2.40. The van der Waals surface area contributed by atoms with Gasteiger partial charge in [0.2, 0.25) is 11.8 Å². The topological polar surface area (TPSA) is 94.1 Å². The first-order valence-corrected chi connectivity index (χ1v) is 6.86. The summed E-state index contributed by atoms with van der Waals surface area (Å²) in [5.74, 6) is 2.47. The van der Waals surface area contributed by atoms with Crippen LogP contribution in [0.3, 0.4) is 0 Å². The second kappa shape index (κ2) is 4.43. The molecule has 0 spiro atoms. The first kappa shape index (κ1) is 11.6. The second-order valence-corrected chi connectivity index (χ2v) is 5.38. The number of nitrogens with zero attached hydrogens (tertiary/aromatic N) is 3. The molecule has 2 fully saturated rings. The minimum atomic E-state index is -0.285. The van der Waals surface area contributed by atoms with Gasteiger partial charge in [-0.3, -0.25) is 4.79 Å². The number of aromatic nitrogens is 3. The molecule has 2 aliphatic carbocycles. The summed E-state index contributed by atoms with van der Waals surface area (Å²) in [5, 5.41) is 14.4. The van der Waals surface area contributed by atoms with Crippen molar-refractivity contribution < 1.29 is 13.7 Å². The number of hydrogen-bond acceptors (Lipinski definition) is 6. The fourth-order valence-electron chi connectivity index (χ4n) is 2.04. The van der Waals surface area contributed by atoms with Gasteiger partial charge in [-0.15, -0.1) is 10.2 Å². The van der Waals surface area contributed by atoms with Crippen molar-refractivity contribution in [3.05, 3.63) is 29.3 Å². The van der Waals surface area contributed by atoms with Crippen LogP contribution in [0, 0.1) is 0 Å². The van der Waals surface area contributed by atoms with E-state index in [0.717, 1.165) is 31.4 Å². The number of carbonyl (C=O) groups excluding carboxylic acids is 1. The van der Waals surface area contributed by atoms with E-state index in [-0.39, 0.29) is 12.5 Å². The Balaban J connectivity index is 1.36. The van der Waals surface area contributed by atoms with Gasteiger partial charge in [-0.05, 0) is 25.7 Å². The highest BCUT2D eigenvalue weighted by atomic mass is 16.5. The highest BCUT2D eigenvalue weighted by molar-refractivity contribution is 5.92. The van der Waals surface area contributed by atoms with Gasteiger partial charge in [-0.25, -0.2) is 0 Å².